The first-order valence-corrected chi connectivity index (χ1v) is 7.56. The van der Waals surface area contributed by atoms with Gasteiger partial charge in [-0.2, -0.15) is 0 Å². The smallest absolute Gasteiger partial charge is 0.185 e. The molecule has 1 aromatic heterocycles. The molecule has 1 fully saturated rings. The minimum absolute atomic E-state index is 0.759. The third kappa shape index (κ3) is 2.72. The second kappa shape index (κ2) is 5.30. The molecule has 0 aromatic carbocycles. The highest BCUT2D eigenvalue weighted by Gasteiger charge is 2.26. The summed E-state index contributed by atoms with van der Waals surface area (Å²) in [5.74, 6) is 0. The Bertz CT molecular complexity index is 309. The van der Waals surface area contributed by atoms with Gasteiger partial charge < -0.3 is 4.90 Å². The number of aromatic nitrogens is 1. The van der Waals surface area contributed by atoms with Crippen LogP contribution in [0.15, 0.2) is 5.38 Å². The molecule has 0 unspecified atom stereocenters. The number of thiazole rings is 1. The van der Waals surface area contributed by atoms with Crippen molar-refractivity contribution < 1.29 is 0 Å². The molecule has 0 atom stereocenters. The molecule has 0 aliphatic heterocycles. The molecule has 0 radical (unpaired) electrons. The van der Waals surface area contributed by atoms with Gasteiger partial charge in [0.05, 0.1) is 5.69 Å². The number of nitrogens with zero attached hydrogens (tertiary/aromatic N) is 2. The molecule has 0 spiro atoms. The van der Waals surface area contributed by atoms with Crippen LogP contribution in [0.4, 0.5) is 5.13 Å². The molecule has 1 aliphatic rings. The maximum absolute atomic E-state index is 4.60. The average Bonchev–Trinajstić information content (AvgIpc) is 2.56. The number of hydrogen-bond acceptors (Lipinski definition) is 3. The van der Waals surface area contributed by atoms with Crippen LogP contribution in [0, 0.1) is 6.92 Å². The lowest BCUT2D eigenvalue weighted by Crippen LogP contribution is -2.41. The summed E-state index contributed by atoms with van der Waals surface area (Å²) >= 11 is 5.29. The van der Waals surface area contributed by atoms with Crippen LogP contribution in [0.25, 0.3) is 0 Å². The van der Waals surface area contributed by atoms with Gasteiger partial charge in [0, 0.05) is 23.3 Å². The van der Waals surface area contributed by atoms with Crippen molar-refractivity contribution in [3.8, 4) is 0 Å². The van der Waals surface area contributed by atoms with Crippen LogP contribution in [-0.2, 0) is 0 Å². The SMILES string of the molecule is Cc1csc(N(CCCBr)C2CCC2)n1. The quantitative estimate of drug-likeness (QED) is 0.770. The first-order valence-electron chi connectivity index (χ1n) is 5.56. The standard InChI is InChI=1S/C11H17BrN2S/c1-9-8-15-11(13-9)14(7-3-6-12)10-4-2-5-10/h8,10H,2-7H2,1H3. The van der Waals surface area contributed by atoms with E-state index in [1.54, 1.807) is 11.3 Å². The van der Waals surface area contributed by atoms with Gasteiger partial charge in [-0.3, -0.25) is 0 Å². The van der Waals surface area contributed by atoms with Crippen molar-refractivity contribution in [2.75, 3.05) is 16.8 Å². The minimum atomic E-state index is 0.759. The van der Waals surface area contributed by atoms with E-state index in [4.69, 9.17) is 0 Å². The average molecular weight is 289 g/mol. The first kappa shape index (κ1) is 11.4. The largest absolute Gasteiger partial charge is 0.345 e. The van der Waals surface area contributed by atoms with Crippen LogP contribution in [0.2, 0.25) is 0 Å². The van der Waals surface area contributed by atoms with E-state index < -0.39 is 0 Å². The van der Waals surface area contributed by atoms with Gasteiger partial charge >= 0.3 is 0 Å². The summed E-state index contributed by atoms with van der Waals surface area (Å²) in [5.41, 5.74) is 1.15. The highest BCUT2D eigenvalue weighted by atomic mass is 79.9. The Kier molecular flexibility index (Phi) is 4.03. The molecular weight excluding hydrogens is 272 g/mol. The van der Waals surface area contributed by atoms with Crippen LogP contribution in [0.5, 0.6) is 0 Å². The maximum Gasteiger partial charge on any atom is 0.185 e. The molecule has 2 rings (SSSR count). The summed E-state index contributed by atoms with van der Waals surface area (Å²) in [4.78, 5) is 7.10. The molecule has 1 heterocycles. The Hall–Kier alpha value is -0.0900. The molecule has 0 N–H and O–H groups in total. The van der Waals surface area contributed by atoms with Gasteiger partial charge in [-0.05, 0) is 32.6 Å². The number of anilines is 1. The van der Waals surface area contributed by atoms with Gasteiger partial charge in [0.2, 0.25) is 0 Å². The van der Waals surface area contributed by atoms with Crippen LogP contribution in [0.3, 0.4) is 0 Å². The fourth-order valence-corrected chi connectivity index (χ4v) is 2.99. The summed E-state index contributed by atoms with van der Waals surface area (Å²) in [5, 5.41) is 4.45. The number of aryl methyl sites for hydroxylation is 1. The lowest BCUT2D eigenvalue weighted by molar-refractivity contribution is 0.386. The molecule has 0 bridgehead atoms. The van der Waals surface area contributed by atoms with E-state index in [0.29, 0.717) is 0 Å². The summed E-state index contributed by atoms with van der Waals surface area (Å²) < 4.78 is 0. The minimum Gasteiger partial charge on any atom is -0.345 e. The normalized spacial score (nSPS) is 16.4. The number of hydrogen-bond donors (Lipinski definition) is 0. The molecule has 84 valence electrons. The zero-order chi connectivity index (χ0) is 10.7. The van der Waals surface area contributed by atoms with Crippen molar-refractivity contribution in [3.63, 3.8) is 0 Å². The predicted octanol–water partition coefficient (Wildman–Crippen LogP) is 3.60. The monoisotopic (exact) mass is 288 g/mol. The Morgan fingerprint density at radius 1 is 1.60 bits per heavy atom. The van der Waals surface area contributed by atoms with Crippen LogP contribution < -0.4 is 4.90 Å². The third-order valence-corrected chi connectivity index (χ3v) is 4.46. The number of halogens is 1. The van der Waals surface area contributed by atoms with E-state index in [1.807, 2.05) is 0 Å². The van der Waals surface area contributed by atoms with Crippen molar-refractivity contribution >= 4 is 32.4 Å². The van der Waals surface area contributed by atoms with Crippen molar-refractivity contribution in [2.45, 2.75) is 38.6 Å². The van der Waals surface area contributed by atoms with Crippen molar-refractivity contribution in [1.82, 2.24) is 4.98 Å². The molecule has 1 saturated carbocycles. The topological polar surface area (TPSA) is 16.1 Å². The van der Waals surface area contributed by atoms with Crippen LogP contribution in [-0.4, -0.2) is 22.9 Å². The Morgan fingerprint density at radius 2 is 2.40 bits per heavy atom. The fraction of sp³-hybridized carbons (Fsp3) is 0.727. The zero-order valence-electron chi connectivity index (χ0n) is 9.08. The molecule has 4 heteroatoms. The predicted molar refractivity (Wildman–Crippen MR) is 70.2 cm³/mol. The number of rotatable bonds is 5. The fourth-order valence-electron chi connectivity index (χ4n) is 1.84. The van der Waals surface area contributed by atoms with Crippen molar-refractivity contribution in [1.29, 1.82) is 0 Å². The lowest BCUT2D eigenvalue weighted by Gasteiger charge is -2.37. The van der Waals surface area contributed by atoms with Gasteiger partial charge in [0.1, 0.15) is 0 Å². The van der Waals surface area contributed by atoms with Gasteiger partial charge in [-0.1, -0.05) is 15.9 Å². The van der Waals surface area contributed by atoms with E-state index in [9.17, 15) is 0 Å². The van der Waals surface area contributed by atoms with E-state index in [-0.39, 0.29) is 0 Å². The van der Waals surface area contributed by atoms with E-state index in [2.05, 4.69) is 38.1 Å². The summed E-state index contributed by atoms with van der Waals surface area (Å²) in [7, 11) is 0. The second-order valence-corrected chi connectivity index (χ2v) is 5.72. The second-order valence-electron chi connectivity index (χ2n) is 4.09. The van der Waals surface area contributed by atoms with Gasteiger partial charge in [0.25, 0.3) is 0 Å². The lowest BCUT2D eigenvalue weighted by atomic mass is 9.92. The zero-order valence-corrected chi connectivity index (χ0v) is 11.5. The highest BCUT2D eigenvalue weighted by Crippen LogP contribution is 2.31. The first-order chi connectivity index (χ1) is 7.31. The molecule has 1 aromatic rings. The molecule has 15 heavy (non-hydrogen) atoms. The summed E-state index contributed by atoms with van der Waals surface area (Å²) in [6.07, 6.45) is 5.29. The summed E-state index contributed by atoms with van der Waals surface area (Å²) in [6.45, 7) is 3.21. The van der Waals surface area contributed by atoms with Crippen molar-refractivity contribution in [2.24, 2.45) is 0 Å². The molecular formula is C11H17BrN2S. The number of alkyl halides is 1. The molecule has 0 amide bonds. The van der Waals surface area contributed by atoms with Crippen LogP contribution >= 0.6 is 27.3 Å². The third-order valence-electron chi connectivity index (χ3n) is 2.90. The van der Waals surface area contributed by atoms with E-state index in [0.717, 1.165) is 23.6 Å². The highest BCUT2D eigenvalue weighted by molar-refractivity contribution is 9.09. The molecule has 0 saturated heterocycles. The van der Waals surface area contributed by atoms with Crippen molar-refractivity contribution in [3.05, 3.63) is 11.1 Å². The molecule has 1 aliphatic carbocycles. The van der Waals surface area contributed by atoms with E-state index >= 15 is 0 Å². The molecule has 2 nitrogen and oxygen atoms in total. The van der Waals surface area contributed by atoms with Gasteiger partial charge in [0.15, 0.2) is 5.13 Å². The Labute approximate surface area is 104 Å². The van der Waals surface area contributed by atoms with Gasteiger partial charge in [-0.25, -0.2) is 4.98 Å². The Balaban J connectivity index is 2.03. The summed E-state index contributed by atoms with van der Waals surface area (Å²) in [6, 6.07) is 0.759. The van der Waals surface area contributed by atoms with Gasteiger partial charge in [-0.15, -0.1) is 11.3 Å². The Morgan fingerprint density at radius 3 is 2.87 bits per heavy atom. The maximum atomic E-state index is 4.60. The van der Waals surface area contributed by atoms with Crippen LogP contribution in [0.1, 0.15) is 31.4 Å². The van der Waals surface area contributed by atoms with E-state index in [1.165, 1.54) is 30.8 Å².